The fourth-order valence-corrected chi connectivity index (χ4v) is 1.25. The van der Waals surface area contributed by atoms with Crippen LogP contribution >= 0.6 is 0 Å². The van der Waals surface area contributed by atoms with Crippen molar-refractivity contribution in [2.45, 2.75) is 12.5 Å². The number of aliphatic hydroxyl groups is 1. The molecule has 0 saturated heterocycles. The van der Waals surface area contributed by atoms with Crippen molar-refractivity contribution in [2.24, 2.45) is 0 Å². The molecular weight excluding hydrogens is 196 g/mol. The maximum absolute atomic E-state index is 10.5. The first-order valence-electron chi connectivity index (χ1n) is 4.39. The Morgan fingerprint density at radius 2 is 2.20 bits per heavy atom. The number of aromatic hydroxyl groups is 1. The first kappa shape index (κ1) is 11.3. The number of hydrogen-bond acceptors (Lipinski definition) is 3. The Kier molecular flexibility index (Phi) is 3.46. The molecule has 0 aliphatic carbocycles. The maximum atomic E-state index is 10.5. The lowest BCUT2D eigenvalue weighted by molar-refractivity contribution is -0.147. The largest absolute Gasteiger partial charge is 0.508 e. The minimum atomic E-state index is -1.70. The molecule has 0 amide bonds. The maximum Gasteiger partial charge on any atom is 0.337 e. The second kappa shape index (κ2) is 4.61. The molecule has 3 N–H and O–H groups in total. The van der Waals surface area contributed by atoms with Gasteiger partial charge in [0.15, 0.2) is 6.10 Å². The average molecular weight is 208 g/mol. The third-order valence-electron chi connectivity index (χ3n) is 2.00. The SMILES string of the molecule is C=CCc1ccc(O)c(C(O)C(=O)O)c1. The van der Waals surface area contributed by atoms with E-state index >= 15 is 0 Å². The molecule has 0 fully saturated rings. The smallest absolute Gasteiger partial charge is 0.337 e. The number of aliphatic hydroxyl groups excluding tert-OH is 1. The normalized spacial score (nSPS) is 12.1. The van der Waals surface area contributed by atoms with E-state index in [0.29, 0.717) is 6.42 Å². The second-order valence-corrected chi connectivity index (χ2v) is 3.13. The zero-order valence-corrected chi connectivity index (χ0v) is 8.05. The van der Waals surface area contributed by atoms with E-state index in [4.69, 9.17) is 5.11 Å². The van der Waals surface area contributed by atoms with Gasteiger partial charge in [-0.2, -0.15) is 0 Å². The highest BCUT2D eigenvalue weighted by Gasteiger charge is 2.19. The fourth-order valence-electron chi connectivity index (χ4n) is 1.25. The summed E-state index contributed by atoms with van der Waals surface area (Å²) in [5.74, 6) is -1.61. The Hall–Kier alpha value is -1.81. The van der Waals surface area contributed by atoms with E-state index in [9.17, 15) is 15.0 Å². The van der Waals surface area contributed by atoms with Crippen LogP contribution in [-0.4, -0.2) is 21.3 Å². The van der Waals surface area contributed by atoms with Gasteiger partial charge in [-0.3, -0.25) is 0 Å². The van der Waals surface area contributed by atoms with E-state index in [1.54, 1.807) is 12.1 Å². The Morgan fingerprint density at radius 1 is 1.53 bits per heavy atom. The summed E-state index contributed by atoms with van der Waals surface area (Å²) in [7, 11) is 0. The van der Waals surface area contributed by atoms with E-state index in [1.165, 1.54) is 12.1 Å². The summed E-state index contributed by atoms with van der Waals surface area (Å²) in [5.41, 5.74) is 0.792. The third-order valence-corrected chi connectivity index (χ3v) is 2.00. The van der Waals surface area contributed by atoms with Crippen molar-refractivity contribution in [1.82, 2.24) is 0 Å². The van der Waals surface area contributed by atoms with Crippen LogP contribution in [0.2, 0.25) is 0 Å². The molecule has 1 aromatic rings. The zero-order chi connectivity index (χ0) is 11.4. The van der Waals surface area contributed by atoms with Crippen molar-refractivity contribution in [3.8, 4) is 5.75 Å². The minimum Gasteiger partial charge on any atom is -0.508 e. The van der Waals surface area contributed by atoms with E-state index in [0.717, 1.165) is 5.56 Å². The van der Waals surface area contributed by atoms with Crippen LogP contribution in [0.15, 0.2) is 30.9 Å². The molecule has 80 valence electrons. The molecule has 0 heterocycles. The molecule has 15 heavy (non-hydrogen) atoms. The molecule has 0 aliphatic heterocycles. The zero-order valence-electron chi connectivity index (χ0n) is 8.05. The van der Waals surface area contributed by atoms with E-state index < -0.39 is 12.1 Å². The third kappa shape index (κ3) is 2.57. The van der Waals surface area contributed by atoms with Gasteiger partial charge in [0, 0.05) is 5.56 Å². The Balaban J connectivity index is 3.09. The van der Waals surface area contributed by atoms with Gasteiger partial charge in [0.05, 0.1) is 0 Å². The van der Waals surface area contributed by atoms with Gasteiger partial charge in [0.2, 0.25) is 0 Å². The highest BCUT2D eigenvalue weighted by molar-refractivity contribution is 5.75. The van der Waals surface area contributed by atoms with Crippen molar-refractivity contribution in [3.05, 3.63) is 42.0 Å². The van der Waals surface area contributed by atoms with Crippen LogP contribution in [-0.2, 0) is 11.2 Å². The molecule has 1 atom stereocenters. The number of carboxylic acid groups (broad SMARTS) is 1. The standard InChI is InChI=1S/C11H12O4/c1-2-3-7-4-5-9(12)8(6-7)10(13)11(14)15/h2,4-6,10,12-13H,1,3H2,(H,14,15). The second-order valence-electron chi connectivity index (χ2n) is 3.13. The van der Waals surface area contributed by atoms with Crippen LogP contribution in [0.4, 0.5) is 0 Å². The van der Waals surface area contributed by atoms with E-state index in [2.05, 4.69) is 6.58 Å². The quantitative estimate of drug-likeness (QED) is 0.650. The van der Waals surface area contributed by atoms with Crippen LogP contribution in [0.3, 0.4) is 0 Å². The number of carbonyl (C=O) groups is 1. The van der Waals surface area contributed by atoms with Gasteiger partial charge in [0.25, 0.3) is 0 Å². The molecule has 4 heteroatoms. The lowest BCUT2D eigenvalue weighted by Crippen LogP contribution is -2.10. The lowest BCUT2D eigenvalue weighted by Gasteiger charge is -2.09. The number of benzene rings is 1. The number of aliphatic carboxylic acids is 1. The summed E-state index contributed by atoms with van der Waals surface area (Å²) in [6.45, 7) is 3.55. The van der Waals surface area contributed by atoms with E-state index in [-0.39, 0.29) is 11.3 Å². The lowest BCUT2D eigenvalue weighted by atomic mass is 10.0. The van der Waals surface area contributed by atoms with Crippen molar-refractivity contribution in [2.75, 3.05) is 0 Å². The topological polar surface area (TPSA) is 77.8 Å². The number of allylic oxidation sites excluding steroid dienone is 1. The van der Waals surface area contributed by atoms with Gasteiger partial charge < -0.3 is 15.3 Å². The van der Waals surface area contributed by atoms with Gasteiger partial charge in [-0.15, -0.1) is 6.58 Å². The van der Waals surface area contributed by atoms with Crippen molar-refractivity contribution < 1.29 is 20.1 Å². The van der Waals surface area contributed by atoms with Gasteiger partial charge in [0.1, 0.15) is 5.75 Å². The Bertz CT molecular complexity index is 384. The summed E-state index contributed by atoms with van der Waals surface area (Å²) in [6.07, 6.45) is 0.512. The Morgan fingerprint density at radius 3 is 2.73 bits per heavy atom. The minimum absolute atomic E-state index is 0.00171. The molecule has 0 bridgehead atoms. The van der Waals surface area contributed by atoms with Crippen LogP contribution in [0.25, 0.3) is 0 Å². The highest BCUT2D eigenvalue weighted by atomic mass is 16.4. The highest BCUT2D eigenvalue weighted by Crippen LogP contribution is 2.25. The summed E-state index contributed by atoms with van der Waals surface area (Å²) in [4.78, 5) is 10.5. The van der Waals surface area contributed by atoms with Crippen molar-refractivity contribution >= 4 is 5.97 Å². The number of rotatable bonds is 4. The van der Waals surface area contributed by atoms with Crippen molar-refractivity contribution in [1.29, 1.82) is 0 Å². The first-order chi connectivity index (χ1) is 7.06. The predicted molar refractivity (Wildman–Crippen MR) is 54.6 cm³/mol. The number of phenolic OH excluding ortho intramolecular Hbond substituents is 1. The van der Waals surface area contributed by atoms with Crippen LogP contribution in [0.5, 0.6) is 5.75 Å². The van der Waals surface area contributed by atoms with Crippen molar-refractivity contribution in [3.63, 3.8) is 0 Å². The molecular formula is C11H12O4. The average Bonchev–Trinajstić information content (AvgIpc) is 2.20. The van der Waals surface area contributed by atoms with Gasteiger partial charge >= 0.3 is 5.97 Å². The first-order valence-corrected chi connectivity index (χ1v) is 4.39. The summed E-state index contributed by atoms with van der Waals surface area (Å²) in [6, 6.07) is 4.46. The Labute approximate surface area is 87.1 Å². The van der Waals surface area contributed by atoms with Gasteiger partial charge in [-0.25, -0.2) is 4.79 Å². The van der Waals surface area contributed by atoms with Gasteiger partial charge in [-0.05, 0) is 24.1 Å². The molecule has 0 spiro atoms. The molecule has 1 aromatic carbocycles. The molecule has 4 nitrogen and oxygen atoms in total. The summed E-state index contributed by atoms with van der Waals surface area (Å²) < 4.78 is 0. The number of carboxylic acids is 1. The summed E-state index contributed by atoms with van der Waals surface area (Å²) >= 11 is 0. The molecule has 0 radical (unpaired) electrons. The molecule has 1 rings (SSSR count). The van der Waals surface area contributed by atoms with Crippen LogP contribution in [0, 0.1) is 0 Å². The van der Waals surface area contributed by atoms with Crippen LogP contribution < -0.4 is 0 Å². The summed E-state index contributed by atoms with van der Waals surface area (Å²) in [5, 5.41) is 27.3. The fraction of sp³-hybridized carbons (Fsp3) is 0.182. The van der Waals surface area contributed by atoms with E-state index in [1.807, 2.05) is 0 Å². The molecule has 0 saturated carbocycles. The predicted octanol–water partition coefficient (Wildman–Crippen LogP) is 1.24. The number of hydrogen-bond donors (Lipinski definition) is 3. The van der Waals surface area contributed by atoms with Crippen LogP contribution in [0.1, 0.15) is 17.2 Å². The monoisotopic (exact) mass is 208 g/mol. The molecule has 0 aliphatic rings. The van der Waals surface area contributed by atoms with Gasteiger partial charge in [-0.1, -0.05) is 12.1 Å². The molecule has 1 unspecified atom stereocenters. The number of phenols is 1. The molecule has 0 aromatic heterocycles.